The fourth-order valence-electron chi connectivity index (χ4n) is 3.37. The van der Waals surface area contributed by atoms with Crippen molar-refractivity contribution in [3.8, 4) is 11.4 Å². The van der Waals surface area contributed by atoms with Gasteiger partial charge in [-0.3, -0.25) is 9.80 Å². The Morgan fingerprint density at radius 2 is 1.79 bits per heavy atom. The van der Waals surface area contributed by atoms with Gasteiger partial charge in [0, 0.05) is 38.3 Å². The third-order valence-electron chi connectivity index (χ3n) is 5.15. The number of aliphatic hydroxyl groups excluding tert-OH is 1. The molecule has 1 aromatic carbocycles. The van der Waals surface area contributed by atoms with E-state index in [0.717, 1.165) is 31.7 Å². The first-order valence-corrected chi connectivity index (χ1v) is 10.1. The normalized spacial score (nSPS) is 18.5. The highest BCUT2D eigenvalue weighted by Gasteiger charge is 2.26. The summed E-state index contributed by atoms with van der Waals surface area (Å²) in [6, 6.07) is 8.20. The third-order valence-corrected chi connectivity index (χ3v) is 5.15. The molecule has 7 nitrogen and oxygen atoms in total. The average molecular weight is 389 g/mol. The Balaban J connectivity index is 1.50. The highest BCUT2D eigenvalue weighted by molar-refractivity contribution is 5.54. The van der Waals surface area contributed by atoms with E-state index in [0.29, 0.717) is 24.9 Å². The molecule has 154 valence electrons. The van der Waals surface area contributed by atoms with Crippen molar-refractivity contribution in [1.82, 2.24) is 19.9 Å². The van der Waals surface area contributed by atoms with Crippen LogP contribution >= 0.6 is 0 Å². The topological polar surface area (TPSA) is 74.9 Å². The van der Waals surface area contributed by atoms with Crippen molar-refractivity contribution in [2.75, 3.05) is 39.3 Å². The lowest BCUT2D eigenvalue weighted by atomic mass is 10.1. The van der Waals surface area contributed by atoms with Crippen LogP contribution in [0.1, 0.15) is 38.3 Å². The van der Waals surface area contributed by atoms with Crippen LogP contribution in [0.3, 0.4) is 0 Å². The van der Waals surface area contributed by atoms with Crippen molar-refractivity contribution in [2.45, 2.75) is 45.9 Å². The Labute approximate surface area is 167 Å². The van der Waals surface area contributed by atoms with E-state index in [1.165, 1.54) is 5.56 Å². The number of nitrogens with zero attached hydrogens (tertiary/aromatic N) is 4. The molecule has 1 aromatic heterocycles. The Morgan fingerprint density at radius 3 is 2.43 bits per heavy atom. The summed E-state index contributed by atoms with van der Waals surface area (Å²) < 4.78 is 11.0. The van der Waals surface area contributed by atoms with Gasteiger partial charge < -0.3 is 14.4 Å². The van der Waals surface area contributed by atoms with E-state index in [2.05, 4.69) is 45.9 Å². The minimum absolute atomic E-state index is 0.0723. The number of aromatic nitrogens is 2. The van der Waals surface area contributed by atoms with E-state index in [-0.39, 0.29) is 12.1 Å². The van der Waals surface area contributed by atoms with Crippen LogP contribution in [0.2, 0.25) is 0 Å². The molecule has 1 N–H and O–H groups in total. The molecule has 0 aliphatic carbocycles. The Kier molecular flexibility index (Phi) is 7.18. The highest BCUT2D eigenvalue weighted by atomic mass is 16.5. The van der Waals surface area contributed by atoms with Gasteiger partial charge in [-0.2, -0.15) is 4.98 Å². The standard InChI is InChI=1S/C21H32N4O3/c1-15(2)27-14-19(26)13-24-9-11-25(12-10-24)17(4)21-22-20(23-28-21)18-7-5-16(3)6-8-18/h5-8,15,17,19,26H,9-14H2,1-4H3. The number of ether oxygens (including phenoxy) is 1. The fraction of sp³-hybridized carbons (Fsp3) is 0.619. The molecule has 0 saturated carbocycles. The molecule has 1 fully saturated rings. The third kappa shape index (κ3) is 5.61. The molecule has 3 rings (SSSR count). The first kappa shape index (κ1) is 20.9. The monoisotopic (exact) mass is 388 g/mol. The van der Waals surface area contributed by atoms with Gasteiger partial charge in [0.15, 0.2) is 0 Å². The van der Waals surface area contributed by atoms with Crippen molar-refractivity contribution in [3.05, 3.63) is 35.7 Å². The maximum atomic E-state index is 10.1. The van der Waals surface area contributed by atoms with Crippen molar-refractivity contribution < 1.29 is 14.4 Å². The summed E-state index contributed by atoms with van der Waals surface area (Å²) in [6.45, 7) is 12.8. The minimum atomic E-state index is -0.445. The van der Waals surface area contributed by atoms with Gasteiger partial charge in [-0.25, -0.2) is 0 Å². The molecule has 0 radical (unpaired) electrons. The predicted molar refractivity (Wildman–Crippen MR) is 108 cm³/mol. The van der Waals surface area contributed by atoms with Crippen LogP contribution < -0.4 is 0 Å². The number of piperazine rings is 1. The summed E-state index contributed by atoms with van der Waals surface area (Å²) in [5, 5.41) is 14.3. The van der Waals surface area contributed by atoms with Crippen LogP contribution in [0, 0.1) is 6.92 Å². The number of hydrogen-bond donors (Lipinski definition) is 1. The van der Waals surface area contributed by atoms with Crippen LogP contribution in [-0.4, -0.2) is 76.6 Å². The number of β-amino-alcohol motifs (C(OH)–C–C–N with tert-alkyl or cyclic N) is 1. The summed E-state index contributed by atoms with van der Waals surface area (Å²) in [5.74, 6) is 1.28. The van der Waals surface area contributed by atoms with E-state index in [4.69, 9.17) is 9.26 Å². The second-order valence-corrected chi connectivity index (χ2v) is 7.87. The highest BCUT2D eigenvalue weighted by Crippen LogP contribution is 2.23. The maximum Gasteiger partial charge on any atom is 0.244 e. The Hall–Kier alpha value is -1.80. The molecular weight excluding hydrogens is 356 g/mol. The van der Waals surface area contributed by atoms with Gasteiger partial charge in [0.2, 0.25) is 11.7 Å². The van der Waals surface area contributed by atoms with Crippen molar-refractivity contribution >= 4 is 0 Å². The van der Waals surface area contributed by atoms with E-state index in [1.54, 1.807) is 0 Å². The first-order valence-electron chi connectivity index (χ1n) is 10.1. The van der Waals surface area contributed by atoms with Crippen LogP contribution in [0.15, 0.2) is 28.8 Å². The minimum Gasteiger partial charge on any atom is -0.389 e. The lowest BCUT2D eigenvalue weighted by Gasteiger charge is -2.37. The van der Waals surface area contributed by atoms with E-state index < -0.39 is 6.10 Å². The van der Waals surface area contributed by atoms with Crippen LogP contribution in [0.4, 0.5) is 0 Å². The number of aryl methyl sites for hydroxylation is 1. The maximum absolute atomic E-state index is 10.1. The number of benzene rings is 1. The molecule has 2 heterocycles. The van der Waals surface area contributed by atoms with E-state index in [9.17, 15) is 5.11 Å². The summed E-state index contributed by atoms with van der Waals surface area (Å²) in [5.41, 5.74) is 2.18. The fourth-order valence-corrected chi connectivity index (χ4v) is 3.37. The second-order valence-electron chi connectivity index (χ2n) is 7.87. The summed E-state index contributed by atoms with van der Waals surface area (Å²) in [6.07, 6.45) is -0.300. The molecule has 1 aliphatic rings. The zero-order valence-corrected chi connectivity index (χ0v) is 17.3. The molecule has 0 amide bonds. The van der Waals surface area contributed by atoms with Crippen molar-refractivity contribution in [1.29, 1.82) is 0 Å². The van der Waals surface area contributed by atoms with Gasteiger partial charge in [0.05, 0.1) is 24.9 Å². The molecule has 0 bridgehead atoms. The largest absolute Gasteiger partial charge is 0.389 e. The smallest absolute Gasteiger partial charge is 0.244 e. The van der Waals surface area contributed by atoms with Crippen LogP contribution in [-0.2, 0) is 4.74 Å². The van der Waals surface area contributed by atoms with Crippen molar-refractivity contribution in [2.24, 2.45) is 0 Å². The van der Waals surface area contributed by atoms with Gasteiger partial charge in [-0.15, -0.1) is 0 Å². The molecule has 1 aliphatic heterocycles. The van der Waals surface area contributed by atoms with Gasteiger partial charge in [-0.05, 0) is 27.7 Å². The first-order chi connectivity index (χ1) is 13.4. The SMILES string of the molecule is Cc1ccc(-c2noc(C(C)N3CCN(CC(O)COC(C)C)CC3)n2)cc1. The zero-order chi connectivity index (χ0) is 20.1. The van der Waals surface area contributed by atoms with Gasteiger partial charge >= 0.3 is 0 Å². The Morgan fingerprint density at radius 1 is 1.11 bits per heavy atom. The molecule has 1 saturated heterocycles. The lowest BCUT2D eigenvalue weighted by Crippen LogP contribution is -2.49. The Bertz CT molecular complexity index is 724. The average Bonchev–Trinajstić information content (AvgIpc) is 3.17. The molecular formula is C21H32N4O3. The molecule has 2 unspecified atom stereocenters. The van der Waals surface area contributed by atoms with Crippen LogP contribution in [0.5, 0.6) is 0 Å². The lowest BCUT2D eigenvalue weighted by molar-refractivity contribution is -0.0171. The van der Waals surface area contributed by atoms with Gasteiger partial charge in [0.25, 0.3) is 0 Å². The molecule has 28 heavy (non-hydrogen) atoms. The zero-order valence-electron chi connectivity index (χ0n) is 17.3. The number of rotatable bonds is 8. The van der Waals surface area contributed by atoms with E-state index in [1.807, 2.05) is 26.0 Å². The quantitative estimate of drug-likeness (QED) is 0.745. The second kappa shape index (κ2) is 9.60. The summed E-state index contributed by atoms with van der Waals surface area (Å²) >= 11 is 0. The summed E-state index contributed by atoms with van der Waals surface area (Å²) in [4.78, 5) is 9.23. The van der Waals surface area contributed by atoms with Crippen LogP contribution in [0.25, 0.3) is 11.4 Å². The molecule has 7 heteroatoms. The van der Waals surface area contributed by atoms with Crippen molar-refractivity contribution in [3.63, 3.8) is 0 Å². The molecule has 2 aromatic rings. The molecule has 0 spiro atoms. The molecule has 2 atom stereocenters. The van der Waals surface area contributed by atoms with Gasteiger partial charge in [0.1, 0.15) is 0 Å². The number of aliphatic hydroxyl groups is 1. The summed E-state index contributed by atoms with van der Waals surface area (Å²) in [7, 11) is 0. The van der Waals surface area contributed by atoms with Gasteiger partial charge in [-0.1, -0.05) is 35.0 Å². The van der Waals surface area contributed by atoms with E-state index >= 15 is 0 Å². The number of hydrogen-bond acceptors (Lipinski definition) is 7. The predicted octanol–water partition coefficient (Wildman–Crippen LogP) is 2.51.